The highest BCUT2D eigenvalue weighted by atomic mass is 16.6. The van der Waals surface area contributed by atoms with E-state index < -0.39 is 23.6 Å². The van der Waals surface area contributed by atoms with E-state index in [4.69, 9.17) is 4.74 Å². The second kappa shape index (κ2) is 7.65. The molecule has 1 aromatic rings. The maximum atomic E-state index is 12.0. The predicted molar refractivity (Wildman–Crippen MR) is 90.6 cm³/mol. The van der Waals surface area contributed by atoms with Crippen LogP contribution in [0.25, 0.3) is 0 Å². The Bertz CT molecular complexity index is 638. The number of carbonyl (C=O) groups is 3. The number of hydrogen-bond acceptors (Lipinski definition) is 4. The summed E-state index contributed by atoms with van der Waals surface area (Å²) in [5.41, 5.74) is -1.09. The minimum absolute atomic E-state index is 0.0626. The molecule has 1 aliphatic rings. The average Bonchev–Trinajstić information content (AvgIpc) is 2.54. The molecule has 1 aromatic carbocycles. The predicted octanol–water partition coefficient (Wildman–Crippen LogP) is 2.08. The maximum Gasteiger partial charge on any atom is 0.348 e. The summed E-state index contributed by atoms with van der Waals surface area (Å²) in [6, 6.07) is 6.70. The van der Waals surface area contributed by atoms with Gasteiger partial charge < -0.3 is 19.8 Å². The Morgan fingerprint density at radius 2 is 1.76 bits per heavy atom. The molecule has 0 atom stereocenters. The van der Waals surface area contributed by atoms with Gasteiger partial charge in [0.15, 0.2) is 0 Å². The molecule has 136 valence electrons. The Morgan fingerprint density at radius 3 is 2.24 bits per heavy atom. The van der Waals surface area contributed by atoms with Crippen LogP contribution in [0.5, 0.6) is 0 Å². The number of amides is 1. The van der Waals surface area contributed by atoms with E-state index in [0.29, 0.717) is 18.5 Å². The SMILES string of the molecule is CC(C)OC(Cc1ccc(N2CCCCC2=O)cc1)(C(=O)O)C(=O)O. The van der Waals surface area contributed by atoms with Gasteiger partial charge in [0.05, 0.1) is 6.10 Å². The van der Waals surface area contributed by atoms with Crippen molar-refractivity contribution in [3.8, 4) is 0 Å². The first-order valence-corrected chi connectivity index (χ1v) is 8.30. The van der Waals surface area contributed by atoms with Gasteiger partial charge in [0, 0.05) is 25.1 Å². The van der Waals surface area contributed by atoms with Crippen molar-refractivity contribution < 1.29 is 29.3 Å². The summed E-state index contributed by atoms with van der Waals surface area (Å²) in [5.74, 6) is -3.01. The van der Waals surface area contributed by atoms with E-state index in [0.717, 1.165) is 18.5 Å². The minimum atomic E-state index is -2.34. The monoisotopic (exact) mass is 349 g/mol. The number of aliphatic carboxylic acids is 2. The van der Waals surface area contributed by atoms with Gasteiger partial charge in [-0.2, -0.15) is 0 Å². The molecular formula is C18H23NO6. The number of piperidine rings is 1. The van der Waals surface area contributed by atoms with E-state index in [2.05, 4.69) is 0 Å². The van der Waals surface area contributed by atoms with Gasteiger partial charge in [0.2, 0.25) is 5.91 Å². The van der Waals surface area contributed by atoms with Gasteiger partial charge in [0.1, 0.15) is 0 Å². The standard InChI is InChI=1S/C18H23NO6/c1-12(2)25-18(16(21)22,17(23)24)11-13-6-8-14(9-7-13)19-10-4-3-5-15(19)20/h6-9,12H,3-5,10-11H2,1-2H3,(H,21,22)(H,23,24). The van der Waals surface area contributed by atoms with Crippen LogP contribution in [0.2, 0.25) is 0 Å². The lowest BCUT2D eigenvalue weighted by atomic mass is 9.93. The number of rotatable bonds is 7. The van der Waals surface area contributed by atoms with Gasteiger partial charge >= 0.3 is 11.9 Å². The minimum Gasteiger partial charge on any atom is -0.479 e. The molecule has 1 aliphatic heterocycles. The third-order valence-corrected chi connectivity index (χ3v) is 4.15. The highest BCUT2D eigenvalue weighted by Gasteiger charge is 2.49. The van der Waals surface area contributed by atoms with Crippen LogP contribution in [0.3, 0.4) is 0 Å². The molecule has 1 heterocycles. The fraction of sp³-hybridized carbons (Fsp3) is 0.500. The zero-order valence-electron chi connectivity index (χ0n) is 14.4. The lowest BCUT2D eigenvalue weighted by Crippen LogP contribution is -2.52. The van der Waals surface area contributed by atoms with Crippen molar-refractivity contribution in [2.45, 2.75) is 51.2 Å². The van der Waals surface area contributed by atoms with Gasteiger partial charge in [0.25, 0.3) is 5.60 Å². The molecule has 1 amide bonds. The zero-order chi connectivity index (χ0) is 18.6. The van der Waals surface area contributed by atoms with Crippen LogP contribution in [0.1, 0.15) is 38.7 Å². The highest BCUT2D eigenvalue weighted by molar-refractivity contribution is 6.02. The molecule has 1 fully saturated rings. The molecule has 0 unspecified atom stereocenters. The molecule has 0 radical (unpaired) electrons. The highest BCUT2D eigenvalue weighted by Crippen LogP contribution is 2.25. The third-order valence-electron chi connectivity index (χ3n) is 4.15. The summed E-state index contributed by atoms with van der Waals surface area (Å²) in [6.07, 6.45) is 1.49. The average molecular weight is 349 g/mol. The Labute approximate surface area is 146 Å². The van der Waals surface area contributed by atoms with Crippen molar-refractivity contribution in [2.75, 3.05) is 11.4 Å². The number of benzene rings is 1. The van der Waals surface area contributed by atoms with Gasteiger partial charge in [-0.1, -0.05) is 12.1 Å². The van der Waals surface area contributed by atoms with Crippen molar-refractivity contribution in [3.05, 3.63) is 29.8 Å². The smallest absolute Gasteiger partial charge is 0.348 e. The molecule has 1 saturated heterocycles. The van der Waals surface area contributed by atoms with Crippen LogP contribution >= 0.6 is 0 Å². The summed E-state index contributed by atoms with van der Waals surface area (Å²) in [7, 11) is 0. The van der Waals surface area contributed by atoms with E-state index in [1.54, 1.807) is 43.0 Å². The van der Waals surface area contributed by atoms with Crippen LogP contribution in [0, 0.1) is 0 Å². The van der Waals surface area contributed by atoms with Gasteiger partial charge in [-0.3, -0.25) is 4.79 Å². The number of carboxylic acid groups (broad SMARTS) is 2. The Morgan fingerprint density at radius 1 is 1.16 bits per heavy atom. The topological polar surface area (TPSA) is 104 Å². The Balaban J connectivity index is 2.23. The maximum absolute atomic E-state index is 12.0. The first-order valence-electron chi connectivity index (χ1n) is 8.30. The summed E-state index contributed by atoms with van der Waals surface area (Å²) in [6.45, 7) is 3.83. The molecular weight excluding hydrogens is 326 g/mol. The fourth-order valence-corrected chi connectivity index (χ4v) is 2.95. The molecule has 25 heavy (non-hydrogen) atoms. The Kier molecular flexibility index (Phi) is 5.79. The quantitative estimate of drug-likeness (QED) is 0.730. The summed E-state index contributed by atoms with van der Waals surface area (Å²) < 4.78 is 5.26. The number of carboxylic acids is 2. The second-order valence-corrected chi connectivity index (χ2v) is 6.45. The van der Waals surface area contributed by atoms with Gasteiger partial charge in [-0.05, 0) is 44.4 Å². The normalized spacial score (nSPS) is 15.5. The van der Waals surface area contributed by atoms with Crippen LogP contribution < -0.4 is 4.90 Å². The first kappa shape index (κ1) is 18.9. The molecule has 7 nitrogen and oxygen atoms in total. The molecule has 7 heteroatoms. The van der Waals surface area contributed by atoms with Crippen molar-refractivity contribution in [2.24, 2.45) is 0 Å². The van der Waals surface area contributed by atoms with Gasteiger partial charge in [-0.25, -0.2) is 9.59 Å². The second-order valence-electron chi connectivity index (χ2n) is 6.45. The van der Waals surface area contributed by atoms with E-state index in [9.17, 15) is 24.6 Å². The van der Waals surface area contributed by atoms with Crippen LogP contribution in [-0.2, 0) is 25.5 Å². The number of nitrogens with zero attached hydrogens (tertiary/aromatic N) is 1. The lowest BCUT2D eigenvalue weighted by Gasteiger charge is -2.28. The van der Waals surface area contributed by atoms with E-state index in [-0.39, 0.29) is 12.3 Å². The van der Waals surface area contributed by atoms with E-state index >= 15 is 0 Å². The molecule has 2 rings (SSSR count). The van der Waals surface area contributed by atoms with Gasteiger partial charge in [-0.15, -0.1) is 0 Å². The first-order chi connectivity index (χ1) is 11.8. The van der Waals surface area contributed by atoms with Crippen LogP contribution in [-0.4, -0.2) is 46.3 Å². The van der Waals surface area contributed by atoms with Crippen LogP contribution in [0.4, 0.5) is 5.69 Å². The fourth-order valence-electron chi connectivity index (χ4n) is 2.95. The largest absolute Gasteiger partial charge is 0.479 e. The zero-order valence-corrected chi connectivity index (χ0v) is 14.4. The summed E-state index contributed by atoms with van der Waals surface area (Å²) >= 11 is 0. The van der Waals surface area contributed by atoms with Crippen molar-refractivity contribution in [1.29, 1.82) is 0 Å². The van der Waals surface area contributed by atoms with Crippen molar-refractivity contribution in [3.63, 3.8) is 0 Å². The number of anilines is 1. The van der Waals surface area contributed by atoms with Crippen LogP contribution in [0.15, 0.2) is 24.3 Å². The number of carbonyl (C=O) groups excluding carboxylic acids is 1. The Hall–Kier alpha value is -2.41. The lowest BCUT2D eigenvalue weighted by molar-refractivity contribution is -0.188. The molecule has 0 aromatic heterocycles. The van der Waals surface area contributed by atoms with E-state index in [1.165, 1.54) is 0 Å². The number of hydrogen-bond donors (Lipinski definition) is 2. The summed E-state index contributed by atoms with van der Waals surface area (Å²) in [5, 5.41) is 18.9. The molecule has 0 spiro atoms. The third kappa shape index (κ3) is 4.17. The molecule has 0 bridgehead atoms. The molecule has 2 N–H and O–H groups in total. The van der Waals surface area contributed by atoms with Crippen molar-refractivity contribution >= 4 is 23.5 Å². The molecule has 0 saturated carbocycles. The molecule has 0 aliphatic carbocycles. The van der Waals surface area contributed by atoms with E-state index in [1.807, 2.05) is 0 Å². The summed E-state index contributed by atoms with van der Waals surface area (Å²) in [4.78, 5) is 36.9. The number of ether oxygens (including phenoxy) is 1. The van der Waals surface area contributed by atoms with Crippen molar-refractivity contribution in [1.82, 2.24) is 0 Å².